The van der Waals surface area contributed by atoms with Crippen molar-refractivity contribution >= 4 is 50.3 Å². The summed E-state index contributed by atoms with van der Waals surface area (Å²) in [4.78, 5) is 2.55. The fraction of sp³-hybridized carbons (Fsp3) is 0. The van der Waals surface area contributed by atoms with Crippen molar-refractivity contribution in [3.05, 3.63) is 56.6 Å². The van der Waals surface area contributed by atoms with Crippen molar-refractivity contribution < 1.29 is 0 Å². The molecule has 0 spiro atoms. The van der Waals surface area contributed by atoms with E-state index in [-0.39, 0.29) is 0 Å². The molecule has 0 aliphatic rings. The molecule has 15 heavy (non-hydrogen) atoms. The molecular weight excluding hydrogens is 383 g/mol. The van der Waals surface area contributed by atoms with E-state index in [1.54, 1.807) is 11.8 Å². The van der Waals surface area contributed by atoms with Crippen LogP contribution in [0.4, 0.5) is 0 Å². The summed E-state index contributed by atoms with van der Waals surface area (Å²) in [5.41, 5.74) is 0. The molecule has 0 aromatic heterocycles. The first kappa shape index (κ1) is 11.5. The first-order chi connectivity index (χ1) is 7.27. The second-order valence-electron chi connectivity index (χ2n) is 2.96. The lowest BCUT2D eigenvalue weighted by atomic mass is 10.4. The normalized spacial score (nSPS) is 10.3. The third-order valence-electron chi connectivity index (χ3n) is 1.89. The summed E-state index contributed by atoms with van der Waals surface area (Å²) in [6.45, 7) is 0. The minimum Gasteiger partial charge on any atom is -0.0878 e. The van der Waals surface area contributed by atoms with Crippen LogP contribution in [0, 0.1) is 3.57 Å². The van der Waals surface area contributed by atoms with Gasteiger partial charge in [0.25, 0.3) is 0 Å². The zero-order valence-electron chi connectivity index (χ0n) is 7.78. The van der Waals surface area contributed by atoms with Crippen molar-refractivity contribution in [3.8, 4) is 0 Å². The molecule has 0 nitrogen and oxygen atoms in total. The van der Waals surface area contributed by atoms with Gasteiger partial charge in [0, 0.05) is 17.8 Å². The van der Waals surface area contributed by atoms with E-state index in [1.165, 1.54) is 13.4 Å². The van der Waals surface area contributed by atoms with Crippen LogP contribution in [-0.2, 0) is 0 Å². The fourth-order valence-electron chi connectivity index (χ4n) is 1.17. The Morgan fingerprint density at radius 2 is 1.47 bits per heavy atom. The molecule has 76 valence electrons. The van der Waals surface area contributed by atoms with Crippen LogP contribution in [0.2, 0.25) is 0 Å². The van der Waals surface area contributed by atoms with Gasteiger partial charge in [-0.15, -0.1) is 0 Å². The van der Waals surface area contributed by atoms with Crippen LogP contribution in [-0.4, -0.2) is 0 Å². The minimum atomic E-state index is 1.15. The van der Waals surface area contributed by atoms with E-state index in [4.69, 9.17) is 0 Å². The maximum absolute atomic E-state index is 3.56. The van der Waals surface area contributed by atoms with Crippen molar-refractivity contribution in [2.24, 2.45) is 0 Å². The van der Waals surface area contributed by atoms with Crippen LogP contribution < -0.4 is 0 Å². The Balaban J connectivity index is 2.30. The number of halogens is 2. The summed E-state index contributed by atoms with van der Waals surface area (Å²) in [6.07, 6.45) is 0. The molecule has 2 aromatic carbocycles. The highest BCUT2D eigenvalue weighted by molar-refractivity contribution is 14.1. The van der Waals surface area contributed by atoms with Gasteiger partial charge in [-0.3, -0.25) is 0 Å². The smallest absolute Gasteiger partial charge is 0.0314 e. The molecule has 3 heteroatoms. The van der Waals surface area contributed by atoms with Crippen LogP contribution in [0.5, 0.6) is 0 Å². The van der Waals surface area contributed by atoms with E-state index in [1.807, 2.05) is 6.07 Å². The molecule has 2 rings (SSSR count). The van der Waals surface area contributed by atoms with Gasteiger partial charge < -0.3 is 0 Å². The maximum Gasteiger partial charge on any atom is 0.0314 e. The topological polar surface area (TPSA) is 0 Å². The molecular formula is C12H8BrIS. The summed E-state index contributed by atoms with van der Waals surface area (Å²) in [6, 6.07) is 16.7. The van der Waals surface area contributed by atoms with E-state index >= 15 is 0 Å². The number of hydrogen-bond donors (Lipinski definition) is 0. The van der Waals surface area contributed by atoms with E-state index in [0.717, 1.165) is 4.47 Å². The third kappa shape index (κ3) is 2.98. The molecule has 0 heterocycles. The average molecular weight is 391 g/mol. The molecule has 2 aromatic rings. The van der Waals surface area contributed by atoms with E-state index in [9.17, 15) is 0 Å². The lowest BCUT2D eigenvalue weighted by molar-refractivity contribution is 1.35. The molecule has 0 N–H and O–H groups in total. The standard InChI is InChI=1S/C12H8BrIS/c13-9-5-1-3-7-11(9)15-12-8-4-2-6-10(12)14/h1-8H. The summed E-state index contributed by atoms with van der Waals surface area (Å²) >= 11 is 7.70. The molecule has 0 saturated heterocycles. The summed E-state index contributed by atoms with van der Waals surface area (Å²) in [7, 11) is 0. The minimum absolute atomic E-state index is 1.15. The Morgan fingerprint density at radius 3 is 2.13 bits per heavy atom. The quantitative estimate of drug-likeness (QED) is 0.634. The Hall–Kier alpha value is -0.000000000000000111. The van der Waals surface area contributed by atoms with Gasteiger partial charge in [0.1, 0.15) is 0 Å². The van der Waals surface area contributed by atoms with Gasteiger partial charge in [-0.1, -0.05) is 36.0 Å². The van der Waals surface area contributed by atoms with Crippen molar-refractivity contribution in [2.45, 2.75) is 9.79 Å². The first-order valence-electron chi connectivity index (χ1n) is 4.44. The lowest BCUT2D eigenvalue weighted by Crippen LogP contribution is -1.79. The number of benzene rings is 2. The van der Waals surface area contributed by atoms with Crippen molar-refractivity contribution in [1.29, 1.82) is 0 Å². The van der Waals surface area contributed by atoms with E-state index in [2.05, 4.69) is 81.0 Å². The molecule has 0 radical (unpaired) electrons. The highest BCUT2D eigenvalue weighted by atomic mass is 127. The van der Waals surface area contributed by atoms with Crippen LogP contribution in [0.25, 0.3) is 0 Å². The van der Waals surface area contributed by atoms with Crippen molar-refractivity contribution in [1.82, 2.24) is 0 Å². The van der Waals surface area contributed by atoms with Gasteiger partial charge >= 0.3 is 0 Å². The molecule has 0 aliphatic carbocycles. The highest BCUT2D eigenvalue weighted by Gasteiger charge is 2.03. The average Bonchev–Trinajstić information content (AvgIpc) is 2.24. The first-order valence-corrected chi connectivity index (χ1v) is 7.13. The van der Waals surface area contributed by atoms with Gasteiger partial charge in [-0.05, 0) is 62.8 Å². The van der Waals surface area contributed by atoms with Crippen LogP contribution in [0.1, 0.15) is 0 Å². The molecule has 0 atom stereocenters. The molecule has 0 saturated carbocycles. The van der Waals surface area contributed by atoms with E-state index < -0.39 is 0 Å². The summed E-state index contributed by atoms with van der Waals surface area (Å²) in [5.74, 6) is 0. The predicted octanol–water partition coefficient (Wildman–Crippen LogP) is 5.20. The number of rotatable bonds is 2. The lowest BCUT2D eigenvalue weighted by Gasteiger charge is -2.05. The van der Waals surface area contributed by atoms with Crippen molar-refractivity contribution in [3.63, 3.8) is 0 Å². The SMILES string of the molecule is Brc1ccccc1Sc1ccccc1I. The monoisotopic (exact) mass is 390 g/mol. The molecule has 0 aliphatic heterocycles. The predicted molar refractivity (Wildman–Crippen MR) is 77.4 cm³/mol. The maximum atomic E-state index is 3.56. The Labute approximate surface area is 116 Å². The van der Waals surface area contributed by atoms with Gasteiger partial charge in [0.2, 0.25) is 0 Å². The zero-order chi connectivity index (χ0) is 10.7. The summed E-state index contributed by atoms with van der Waals surface area (Å²) < 4.78 is 2.44. The van der Waals surface area contributed by atoms with Crippen LogP contribution >= 0.6 is 50.3 Å². The van der Waals surface area contributed by atoms with Gasteiger partial charge in [0.15, 0.2) is 0 Å². The highest BCUT2D eigenvalue weighted by Crippen LogP contribution is 2.35. The fourth-order valence-corrected chi connectivity index (χ4v) is 3.28. The van der Waals surface area contributed by atoms with E-state index in [0.29, 0.717) is 0 Å². The number of hydrogen-bond acceptors (Lipinski definition) is 1. The zero-order valence-corrected chi connectivity index (χ0v) is 12.3. The van der Waals surface area contributed by atoms with Crippen LogP contribution in [0.3, 0.4) is 0 Å². The van der Waals surface area contributed by atoms with Gasteiger partial charge in [0.05, 0.1) is 0 Å². The second-order valence-corrected chi connectivity index (χ2v) is 6.06. The Kier molecular flexibility index (Phi) is 4.11. The molecule has 0 fully saturated rings. The summed E-state index contributed by atoms with van der Waals surface area (Å²) in [5, 5.41) is 0. The van der Waals surface area contributed by atoms with Gasteiger partial charge in [-0.2, -0.15) is 0 Å². The molecule has 0 unspecified atom stereocenters. The van der Waals surface area contributed by atoms with Crippen molar-refractivity contribution in [2.75, 3.05) is 0 Å². The molecule has 0 amide bonds. The molecule has 0 bridgehead atoms. The third-order valence-corrected chi connectivity index (χ3v) is 5.31. The van der Waals surface area contributed by atoms with Gasteiger partial charge in [-0.25, -0.2) is 0 Å². The largest absolute Gasteiger partial charge is 0.0878 e. The van der Waals surface area contributed by atoms with Crippen LogP contribution in [0.15, 0.2) is 62.8 Å². The second kappa shape index (κ2) is 5.37. The Bertz CT molecular complexity index is 427. The Morgan fingerprint density at radius 1 is 0.867 bits per heavy atom.